The van der Waals surface area contributed by atoms with Crippen LogP contribution in [0.2, 0.25) is 0 Å². The van der Waals surface area contributed by atoms with Crippen LogP contribution < -0.4 is 16.0 Å². The molecule has 138 valence electrons. The van der Waals surface area contributed by atoms with Crippen LogP contribution in [-0.4, -0.2) is 45.2 Å². The maximum Gasteiger partial charge on any atom is 0.225 e. The van der Waals surface area contributed by atoms with Gasteiger partial charge in [0.2, 0.25) is 5.91 Å². The van der Waals surface area contributed by atoms with Gasteiger partial charge in [0.15, 0.2) is 5.96 Å². The molecule has 3 N–H and O–H groups in total. The molecule has 1 aromatic rings. The van der Waals surface area contributed by atoms with E-state index in [0.717, 1.165) is 50.7 Å². The number of guanidine groups is 1. The van der Waals surface area contributed by atoms with E-state index in [0.29, 0.717) is 13.0 Å². The van der Waals surface area contributed by atoms with Crippen molar-refractivity contribution in [1.82, 2.24) is 10.6 Å². The van der Waals surface area contributed by atoms with Crippen LogP contribution in [0.5, 0.6) is 0 Å². The topological polar surface area (TPSA) is 74.8 Å². The van der Waals surface area contributed by atoms with Gasteiger partial charge in [-0.25, -0.2) is 0 Å². The number of aliphatic imine (C=N–C) groups is 1. The minimum absolute atomic E-state index is 0.0673. The Hall–Kier alpha value is -2.08. The van der Waals surface area contributed by atoms with Gasteiger partial charge in [-0.15, -0.1) is 0 Å². The molecule has 6 nitrogen and oxygen atoms in total. The summed E-state index contributed by atoms with van der Waals surface area (Å²) in [7, 11) is 1.76. The van der Waals surface area contributed by atoms with E-state index in [1.807, 2.05) is 18.2 Å². The predicted molar refractivity (Wildman–Crippen MR) is 102 cm³/mol. The summed E-state index contributed by atoms with van der Waals surface area (Å²) in [5.41, 5.74) is 2.09. The number of ether oxygens (including phenoxy) is 1. The van der Waals surface area contributed by atoms with Crippen LogP contribution in [0, 0.1) is 0 Å². The summed E-state index contributed by atoms with van der Waals surface area (Å²) in [6, 6.07) is 7.98. The molecule has 0 radical (unpaired) electrons. The van der Waals surface area contributed by atoms with Gasteiger partial charge >= 0.3 is 0 Å². The Bertz CT molecular complexity index is 574. The normalized spacial score (nSPS) is 17.0. The highest BCUT2D eigenvalue weighted by atomic mass is 16.5. The van der Waals surface area contributed by atoms with Crippen LogP contribution in [0.3, 0.4) is 0 Å². The maximum absolute atomic E-state index is 11.9. The average Bonchev–Trinajstić information content (AvgIpc) is 2.63. The van der Waals surface area contributed by atoms with E-state index in [2.05, 4.69) is 33.9 Å². The van der Waals surface area contributed by atoms with E-state index in [1.54, 1.807) is 7.05 Å². The van der Waals surface area contributed by atoms with Crippen molar-refractivity contribution in [1.29, 1.82) is 0 Å². The molecule has 6 heteroatoms. The first-order valence-corrected chi connectivity index (χ1v) is 9.15. The van der Waals surface area contributed by atoms with Gasteiger partial charge in [0.05, 0.1) is 0 Å². The standard InChI is InChI=1S/C19H30N4O2/c1-3-4-11-25-12-7-10-21-19(20-2)22-14-15-13-18(24)23-17-9-6-5-8-16(15)17/h5-6,8-9,15H,3-4,7,10-14H2,1-2H3,(H,23,24)(H2,20,21,22). The van der Waals surface area contributed by atoms with Crippen molar-refractivity contribution in [2.75, 3.05) is 38.7 Å². The third-order valence-corrected chi connectivity index (χ3v) is 4.25. The number of nitrogens with one attached hydrogen (secondary N) is 3. The van der Waals surface area contributed by atoms with Gasteiger partial charge in [-0.3, -0.25) is 9.79 Å². The summed E-state index contributed by atoms with van der Waals surface area (Å²) in [4.78, 5) is 16.1. The quantitative estimate of drug-likeness (QED) is 0.365. The molecule has 0 fully saturated rings. The smallest absolute Gasteiger partial charge is 0.225 e. The third-order valence-electron chi connectivity index (χ3n) is 4.25. The molecule has 1 atom stereocenters. The second-order valence-corrected chi connectivity index (χ2v) is 6.24. The molecule has 1 unspecified atom stereocenters. The molecule has 1 aliphatic rings. The minimum atomic E-state index is 0.0673. The van der Waals surface area contributed by atoms with Gasteiger partial charge in [0, 0.05) is 51.4 Å². The first kappa shape index (κ1) is 19.2. The second-order valence-electron chi connectivity index (χ2n) is 6.24. The van der Waals surface area contributed by atoms with Gasteiger partial charge in [0.1, 0.15) is 0 Å². The van der Waals surface area contributed by atoms with E-state index in [4.69, 9.17) is 4.74 Å². The van der Waals surface area contributed by atoms with Gasteiger partial charge < -0.3 is 20.7 Å². The SMILES string of the molecule is CCCCOCCCNC(=NC)NCC1CC(=O)Nc2ccccc21. The molecule has 0 aromatic heterocycles. The number of carbonyl (C=O) groups is 1. The molecular formula is C19H30N4O2. The lowest BCUT2D eigenvalue weighted by molar-refractivity contribution is -0.116. The minimum Gasteiger partial charge on any atom is -0.381 e. The lowest BCUT2D eigenvalue weighted by atomic mass is 9.90. The van der Waals surface area contributed by atoms with Gasteiger partial charge in [0.25, 0.3) is 0 Å². The number of nitrogens with zero attached hydrogens (tertiary/aromatic N) is 1. The van der Waals surface area contributed by atoms with Crippen molar-refractivity contribution < 1.29 is 9.53 Å². The molecule has 0 saturated carbocycles. The van der Waals surface area contributed by atoms with Crippen molar-refractivity contribution in [2.24, 2.45) is 4.99 Å². The number of rotatable bonds is 9. The highest BCUT2D eigenvalue weighted by molar-refractivity contribution is 5.94. The first-order chi connectivity index (χ1) is 12.2. The number of para-hydroxylation sites is 1. The van der Waals surface area contributed by atoms with E-state index in [9.17, 15) is 4.79 Å². The monoisotopic (exact) mass is 346 g/mol. The van der Waals surface area contributed by atoms with Gasteiger partial charge in [-0.2, -0.15) is 0 Å². The van der Waals surface area contributed by atoms with Crippen LogP contribution in [0.25, 0.3) is 0 Å². The van der Waals surface area contributed by atoms with Crippen LogP contribution >= 0.6 is 0 Å². The molecule has 0 spiro atoms. The highest BCUT2D eigenvalue weighted by Gasteiger charge is 2.24. The Kier molecular flexibility index (Phi) is 8.25. The third kappa shape index (κ3) is 6.38. The molecule has 0 bridgehead atoms. The van der Waals surface area contributed by atoms with Crippen LogP contribution in [-0.2, 0) is 9.53 Å². The first-order valence-electron chi connectivity index (χ1n) is 9.15. The lowest BCUT2D eigenvalue weighted by Crippen LogP contribution is -2.41. The molecule has 1 heterocycles. The summed E-state index contributed by atoms with van der Waals surface area (Å²) < 4.78 is 5.55. The molecule has 1 aliphatic heterocycles. The highest BCUT2D eigenvalue weighted by Crippen LogP contribution is 2.31. The van der Waals surface area contributed by atoms with Crippen molar-refractivity contribution in [3.63, 3.8) is 0 Å². The molecular weight excluding hydrogens is 316 g/mol. The van der Waals surface area contributed by atoms with Crippen LogP contribution in [0.4, 0.5) is 5.69 Å². The summed E-state index contributed by atoms with van der Waals surface area (Å²) in [6.07, 6.45) is 3.72. The molecule has 1 amide bonds. The average molecular weight is 346 g/mol. The lowest BCUT2D eigenvalue weighted by Gasteiger charge is -2.26. The number of hydrogen-bond donors (Lipinski definition) is 3. The Balaban J connectivity index is 1.73. The van der Waals surface area contributed by atoms with Gasteiger partial charge in [-0.1, -0.05) is 31.5 Å². The van der Waals surface area contributed by atoms with E-state index < -0.39 is 0 Å². The van der Waals surface area contributed by atoms with Gasteiger partial charge in [-0.05, 0) is 24.5 Å². The van der Waals surface area contributed by atoms with Crippen molar-refractivity contribution >= 4 is 17.6 Å². The largest absolute Gasteiger partial charge is 0.381 e. The number of unbranched alkanes of at least 4 members (excludes halogenated alkanes) is 1. The van der Waals surface area contributed by atoms with E-state index >= 15 is 0 Å². The molecule has 0 aliphatic carbocycles. The zero-order chi connectivity index (χ0) is 17.9. The number of fused-ring (bicyclic) bond motifs is 1. The fourth-order valence-electron chi connectivity index (χ4n) is 2.85. The number of amides is 1. The zero-order valence-corrected chi connectivity index (χ0v) is 15.3. The fourth-order valence-corrected chi connectivity index (χ4v) is 2.85. The van der Waals surface area contributed by atoms with E-state index in [1.165, 1.54) is 5.56 Å². The number of anilines is 1. The second kappa shape index (κ2) is 10.7. The number of carbonyl (C=O) groups excluding carboxylic acids is 1. The number of benzene rings is 1. The Labute approximate surface area is 150 Å². The Morgan fingerprint density at radius 3 is 2.88 bits per heavy atom. The predicted octanol–water partition coefficient (Wildman–Crippen LogP) is 2.48. The summed E-state index contributed by atoms with van der Waals surface area (Å²) in [6.45, 7) is 5.26. The Morgan fingerprint density at radius 1 is 1.28 bits per heavy atom. The summed E-state index contributed by atoms with van der Waals surface area (Å²) >= 11 is 0. The molecule has 0 saturated heterocycles. The zero-order valence-electron chi connectivity index (χ0n) is 15.3. The Morgan fingerprint density at radius 2 is 2.08 bits per heavy atom. The van der Waals surface area contributed by atoms with Crippen molar-refractivity contribution in [2.45, 2.75) is 38.5 Å². The fraction of sp³-hybridized carbons (Fsp3) is 0.579. The van der Waals surface area contributed by atoms with E-state index in [-0.39, 0.29) is 11.8 Å². The maximum atomic E-state index is 11.9. The number of hydrogen-bond acceptors (Lipinski definition) is 3. The molecule has 1 aromatic carbocycles. The molecule has 25 heavy (non-hydrogen) atoms. The summed E-state index contributed by atoms with van der Waals surface area (Å²) in [5.74, 6) is 0.982. The van der Waals surface area contributed by atoms with Crippen LogP contribution in [0.1, 0.15) is 44.1 Å². The van der Waals surface area contributed by atoms with Crippen molar-refractivity contribution in [3.05, 3.63) is 29.8 Å². The van der Waals surface area contributed by atoms with Crippen LogP contribution in [0.15, 0.2) is 29.3 Å². The molecule has 2 rings (SSSR count). The summed E-state index contributed by atoms with van der Waals surface area (Å²) in [5, 5.41) is 9.55. The van der Waals surface area contributed by atoms with Crippen molar-refractivity contribution in [3.8, 4) is 0 Å².